The van der Waals surface area contributed by atoms with Gasteiger partial charge in [0, 0.05) is 36.1 Å². The minimum atomic E-state index is -0.866. The van der Waals surface area contributed by atoms with Gasteiger partial charge < -0.3 is 15.0 Å². The Morgan fingerprint density at radius 1 is 1.03 bits per heavy atom. The van der Waals surface area contributed by atoms with Gasteiger partial charge in [0.1, 0.15) is 0 Å². The second kappa shape index (κ2) is 8.66. The van der Waals surface area contributed by atoms with E-state index in [1.54, 1.807) is 0 Å². The van der Waals surface area contributed by atoms with E-state index in [1.807, 2.05) is 32.0 Å². The topological polar surface area (TPSA) is 54.3 Å². The van der Waals surface area contributed by atoms with Crippen molar-refractivity contribution >= 4 is 5.97 Å². The normalized spacial score (nSPS) is 12.2. The smallest absolute Gasteiger partial charge is 0.337 e. The Balaban J connectivity index is 1.92. The number of benzene rings is 2. The van der Waals surface area contributed by atoms with Crippen molar-refractivity contribution in [3.63, 3.8) is 0 Å². The maximum Gasteiger partial charge on any atom is 0.337 e. The Bertz CT molecular complexity index is 1020. The van der Waals surface area contributed by atoms with E-state index in [9.17, 15) is 9.90 Å². The summed E-state index contributed by atoms with van der Waals surface area (Å²) in [4.78, 5) is 12.1. The summed E-state index contributed by atoms with van der Waals surface area (Å²) in [7, 11) is 0. The van der Waals surface area contributed by atoms with Crippen molar-refractivity contribution in [2.75, 3.05) is 0 Å². The maximum atomic E-state index is 12.1. The minimum Gasteiger partial charge on any atom is -0.478 e. The number of hydrogen-bond donors (Lipinski definition) is 2. The first-order valence-electron chi connectivity index (χ1n) is 10.1. The predicted molar refractivity (Wildman–Crippen MR) is 118 cm³/mol. The summed E-state index contributed by atoms with van der Waals surface area (Å²) in [6, 6.07) is 16.8. The second-order valence-electron chi connectivity index (χ2n) is 7.86. The number of hydrogen-bond acceptors (Lipinski definition) is 2. The zero-order valence-corrected chi connectivity index (χ0v) is 17.9. The van der Waals surface area contributed by atoms with Gasteiger partial charge in [0.2, 0.25) is 0 Å². The van der Waals surface area contributed by atoms with Gasteiger partial charge in [0.05, 0.1) is 5.56 Å². The molecule has 2 aromatic carbocycles. The number of carboxylic acid groups (broad SMARTS) is 1. The molecule has 1 unspecified atom stereocenters. The summed E-state index contributed by atoms with van der Waals surface area (Å²) < 4.78 is 2.13. The number of nitrogens with zero attached hydrogens (tertiary/aromatic N) is 1. The molecule has 152 valence electrons. The number of aromatic carboxylic acids is 1. The molecule has 1 atom stereocenters. The van der Waals surface area contributed by atoms with Crippen LogP contribution in [0.25, 0.3) is 0 Å². The molecule has 0 saturated carbocycles. The SMILES string of the molecule is Cc1ccc(C)c(Cn2c(C)c(CNC(C)c3ccccc3)c(C(=O)O)c2C)c1. The molecule has 0 amide bonds. The third-order valence-corrected chi connectivity index (χ3v) is 5.84. The lowest BCUT2D eigenvalue weighted by molar-refractivity contribution is 0.0694. The van der Waals surface area contributed by atoms with Crippen LogP contribution in [0.2, 0.25) is 0 Å². The van der Waals surface area contributed by atoms with E-state index < -0.39 is 5.97 Å². The van der Waals surface area contributed by atoms with Crippen LogP contribution in [0.15, 0.2) is 48.5 Å². The highest BCUT2D eigenvalue weighted by Crippen LogP contribution is 2.26. The number of rotatable bonds is 7. The van der Waals surface area contributed by atoms with Crippen LogP contribution in [0, 0.1) is 27.7 Å². The Morgan fingerprint density at radius 3 is 2.38 bits per heavy atom. The van der Waals surface area contributed by atoms with Crippen molar-refractivity contribution in [2.45, 2.75) is 53.8 Å². The standard InChI is InChI=1S/C25H30N2O2/c1-16-11-12-17(2)22(13-16)15-27-19(4)23(24(20(27)5)25(28)29)14-26-18(3)21-9-7-6-8-10-21/h6-13,18,26H,14-15H2,1-5H3,(H,28,29). The molecule has 2 N–H and O–H groups in total. The lowest BCUT2D eigenvalue weighted by Crippen LogP contribution is -2.19. The van der Waals surface area contributed by atoms with Crippen LogP contribution < -0.4 is 5.32 Å². The summed E-state index contributed by atoms with van der Waals surface area (Å²) in [6.45, 7) is 11.4. The molecule has 0 aliphatic carbocycles. The van der Waals surface area contributed by atoms with Crippen LogP contribution in [0.1, 0.15) is 62.5 Å². The van der Waals surface area contributed by atoms with E-state index in [-0.39, 0.29) is 6.04 Å². The van der Waals surface area contributed by atoms with Gasteiger partial charge in [-0.2, -0.15) is 0 Å². The molecule has 0 radical (unpaired) electrons. The van der Waals surface area contributed by atoms with E-state index in [4.69, 9.17) is 0 Å². The fourth-order valence-corrected chi connectivity index (χ4v) is 3.94. The molecule has 4 heteroatoms. The van der Waals surface area contributed by atoms with E-state index in [1.165, 1.54) is 22.3 Å². The molecule has 29 heavy (non-hydrogen) atoms. The van der Waals surface area contributed by atoms with E-state index in [0.717, 1.165) is 17.0 Å². The monoisotopic (exact) mass is 390 g/mol. The number of carbonyl (C=O) groups is 1. The third-order valence-electron chi connectivity index (χ3n) is 5.84. The van der Waals surface area contributed by atoms with Crippen molar-refractivity contribution in [2.24, 2.45) is 0 Å². The first-order valence-corrected chi connectivity index (χ1v) is 10.1. The summed E-state index contributed by atoms with van der Waals surface area (Å²) in [5.41, 5.74) is 7.94. The average molecular weight is 391 g/mol. The number of carboxylic acids is 1. The van der Waals surface area contributed by atoms with Gasteiger partial charge in [-0.15, -0.1) is 0 Å². The Hall–Kier alpha value is -2.85. The Labute approximate surface area is 173 Å². The molecule has 3 rings (SSSR count). The molecule has 0 aliphatic rings. The summed E-state index contributed by atoms with van der Waals surface area (Å²) in [5.74, 6) is -0.866. The van der Waals surface area contributed by atoms with Gasteiger partial charge in [0.25, 0.3) is 0 Å². The molecule has 1 heterocycles. The fourth-order valence-electron chi connectivity index (χ4n) is 3.94. The van der Waals surface area contributed by atoms with Crippen molar-refractivity contribution in [1.82, 2.24) is 9.88 Å². The first-order chi connectivity index (χ1) is 13.8. The molecular weight excluding hydrogens is 360 g/mol. The lowest BCUT2D eigenvalue weighted by atomic mass is 10.1. The highest BCUT2D eigenvalue weighted by atomic mass is 16.4. The van der Waals surface area contributed by atoms with Crippen LogP contribution in [-0.4, -0.2) is 15.6 Å². The quantitative estimate of drug-likeness (QED) is 0.574. The van der Waals surface area contributed by atoms with Crippen molar-refractivity contribution < 1.29 is 9.90 Å². The van der Waals surface area contributed by atoms with Crippen LogP contribution in [0.4, 0.5) is 0 Å². The highest BCUT2D eigenvalue weighted by molar-refractivity contribution is 5.91. The molecule has 1 aromatic heterocycles. The van der Waals surface area contributed by atoms with Gasteiger partial charge in [-0.1, -0.05) is 54.1 Å². The van der Waals surface area contributed by atoms with Crippen LogP contribution in [-0.2, 0) is 13.1 Å². The lowest BCUT2D eigenvalue weighted by Gasteiger charge is -2.15. The van der Waals surface area contributed by atoms with Gasteiger partial charge in [-0.25, -0.2) is 4.79 Å². The van der Waals surface area contributed by atoms with Crippen LogP contribution in [0.3, 0.4) is 0 Å². The molecule has 0 fully saturated rings. The number of nitrogens with one attached hydrogen (secondary N) is 1. The third kappa shape index (κ3) is 4.43. The molecule has 0 saturated heterocycles. The van der Waals surface area contributed by atoms with Crippen molar-refractivity contribution in [3.8, 4) is 0 Å². The predicted octanol–water partition coefficient (Wildman–Crippen LogP) is 5.32. The Morgan fingerprint density at radius 2 is 1.72 bits per heavy atom. The van der Waals surface area contributed by atoms with Gasteiger partial charge in [-0.05, 0) is 51.3 Å². The van der Waals surface area contributed by atoms with Crippen molar-refractivity contribution in [1.29, 1.82) is 0 Å². The van der Waals surface area contributed by atoms with E-state index in [0.29, 0.717) is 18.7 Å². The summed E-state index contributed by atoms with van der Waals surface area (Å²) >= 11 is 0. The molecule has 3 aromatic rings. The zero-order chi connectivity index (χ0) is 21.1. The second-order valence-corrected chi connectivity index (χ2v) is 7.86. The van der Waals surface area contributed by atoms with Gasteiger partial charge in [0.15, 0.2) is 0 Å². The Kier molecular flexibility index (Phi) is 6.23. The first kappa shape index (κ1) is 20.9. The minimum absolute atomic E-state index is 0.139. The van der Waals surface area contributed by atoms with Gasteiger partial charge >= 0.3 is 5.97 Å². The molecule has 0 spiro atoms. The largest absolute Gasteiger partial charge is 0.478 e. The zero-order valence-electron chi connectivity index (χ0n) is 17.9. The highest BCUT2D eigenvalue weighted by Gasteiger charge is 2.23. The summed E-state index contributed by atoms with van der Waals surface area (Å²) in [5, 5.41) is 13.4. The van der Waals surface area contributed by atoms with Crippen LogP contribution >= 0.6 is 0 Å². The molecule has 4 nitrogen and oxygen atoms in total. The number of aryl methyl sites for hydroxylation is 2. The van der Waals surface area contributed by atoms with Crippen LogP contribution in [0.5, 0.6) is 0 Å². The van der Waals surface area contributed by atoms with E-state index >= 15 is 0 Å². The molecule has 0 bridgehead atoms. The fraction of sp³-hybridized carbons (Fsp3) is 0.320. The summed E-state index contributed by atoms with van der Waals surface area (Å²) in [6.07, 6.45) is 0. The van der Waals surface area contributed by atoms with Crippen molar-refractivity contribution in [3.05, 3.63) is 93.3 Å². The average Bonchev–Trinajstić information content (AvgIpc) is 2.93. The maximum absolute atomic E-state index is 12.1. The number of aromatic nitrogens is 1. The molecule has 0 aliphatic heterocycles. The molecular formula is C25H30N2O2. The van der Waals surface area contributed by atoms with Gasteiger partial charge in [-0.3, -0.25) is 0 Å². The van der Waals surface area contributed by atoms with E-state index in [2.05, 4.69) is 61.0 Å².